The van der Waals surface area contributed by atoms with Crippen LogP contribution in [0.2, 0.25) is 0 Å². The molecule has 29 heavy (non-hydrogen) atoms. The lowest BCUT2D eigenvalue weighted by Crippen LogP contribution is -2.03. The fourth-order valence-electron chi connectivity index (χ4n) is 3.58. The summed E-state index contributed by atoms with van der Waals surface area (Å²) in [5, 5.41) is 11.4. The lowest BCUT2D eigenvalue weighted by Gasteiger charge is -2.11. The lowest BCUT2D eigenvalue weighted by molar-refractivity contribution is 0.0699. The average Bonchev–Trinajstić information content (AvgIpc) is 3.09. The number of rotatable bonds is 6. The number of furan rings is 1. The van der Waals surface area contributed by atoms with Gasteiger partial charge in [-0.05, 0) is 49.6 Å². The number of aromatic carboxylic acids is 1. The van der Waals surface area contributed by atoms with Gasteiger partial charge in [-0.25, -0.2) is 9.78 Å². The van der Waals surface area contributed by atoms with Gasteiger partial charge in [0.05, 0.1) is 23.1 Å². The number of aryl methyl sites for hydroxylation is 2. The predicted octanol–water partition coefficient (Wildman–Crippen LogP) is 6.14. The minimum Gasteiger partial charge on any atom is -0.489 e. The van der Waals surface area contributed by atoms with Crippen molar-refractivity contribution in [2.75, 3.05) is 6.61 Å². The first-order valence-corrected chi connectivity index (χ1v) is 9.80. The molecule has 0 aliphatic heterocycles. The van der Waals surface area contributed by atoms with Gasteiger partial charge in [0.25, 0.3) is 0 Å². The molecule has 0 fully saturated rings. The van der Waals surface area contributed by atoms with Crippen LogP contribution in [0.4, 0.5) is 0 Å². The summed E-state index contributed by atoms with van der Waals surface area (Å²) in [5.74, 6) is 0.0899. The van der Waals surface area contributed by atoms with Crippen LogP contribution < -0.4 is 4.74 Å². The van der Waals surface area contributed by atoms with E-state index in [1.54, 1.807) is 6.07 Å². The van der Waals surface area contributed by atoms with Crippen LogP contribution >= 0.6 is 0 Å². The molecule has 0 radical (unpaired) electrons. The number of hydrogen-bond donors (Lipinski definition) is 1. The molecule has 1 N–H and O–H groups in total. The Morgan fingerprint density at radius 2 is 1.90 bits per heavy atom. The fraction of sp³-hybridized carbons (Fsp3) is 0.250. The number of hydrogen-bond acceptors (Lipinski definition) is 4. The van der Waals surface area contributed by atoms with Gasteiger partial charge in [-0.15, -0.1) is 0 Å². The summed E-state index contributed by atoms with van der Waals surface area (Å²) in [4.78, 5) is 16.8. The van der Waals surface area contributed by atoms with Crippen LogP contribution in [0.25, 0.3) is 33.3 Å². The van der Waals surface area contributed by atoms with E-state index in [-0.39, 0.29) is 5.56 Å². The largest absolute Gasteiger partial charge is 0.489 e. The van der Waals surface area contributed by atoms with E-state index >= 15 is 0 Å². The monoisotopic (exact) mass is 389 g/mol. The molecule has 2 aromatic carbocycles. The van der Waals surface area contributed by atoms with Gasteiger partial charge in [-0.3, -0.25) is 0 Å². The summed E-state index contributed by atoms with van der Waals surface area (Å²) >= 11 is 0. The summed E-state index contributed by atoms with van der Waals surface area (Å²) in [7, 11) is 0. The third kappa shape index (κ3) is 3.33. The van der Waals surface area contributed by atoms with Gasteiger partial charge in [0, 0.05) is 5.39 Å². The van der Waals surface area contributed by atoms with Crippen molar-refractivity contribution in [2.24, 2.45) is 0 Å². The van der Waals surface area contributed by atoms with Gasteiger partial charge in [0.1, 0.15) is 11.3 Å². The molecule has 2 heterocycles. The lowest BCUT2D eigenvalue weighted by atomic mass is 9.99. The zero-order valence-corrected chi connectivity index (χ0v) is 16.8. The molecule has 0 amide bonds. The fourth-order valence-corrected chi connectivity index (χ4v) is 3.58. The number of pyridine rings is 1. The van der Waals surface area contributed by atoms with Crippen LogP contribution in [0.1, 0.15) is 41.3 Å². The van der Waals surface area contributed by atoms with E-state index in [9.17, 15) is 9.90 Å². The molecule has 0 atom stereocenters. The van der Waals surface area contributed by atoms with Gasteiger partial charge >= 0.3 is 5.97 Å². The number of benzene rings is 2. The Balaban J connectivity index is 1.99. The number of fused-ring (bicyclic) bond motifs is 2. The number of carbonyl (C=O) groups is 1. The second-order valence-corrected chi connectivity index (χ2v) is 7.24. The van der Waals surface area contributed by atoms with Gasteiger partial charge in [0.15, 0.2) is 11.5 Å². The van der Waals surface area contributed by atoms with Crippen molar-refractivity contribution in [2.45, 2.75) is 33.6 Å². The normalized spacial score (nSPS) is 11.3. The van der Waals surface area contributed by atoms with E-state index in [0.29, 0.717) is 40.3 Å². The van der Waals surface area contributed by atoms with Gasteiger partial charge in [-0.1, -0.05) is 37.6 Å². The molecule has 0 spiro atoms. The van der Waals surface area contributed by atoms with Crippen molar-refractivity contribution in [1.29, 1.82) is 0 Å². The molecule has 0 bridgehead atoms. The predicted molar refractivity (Wildman–Crippen MR) is 114 cm³/mol. The standard InChI is InChI=1S/C24H23NO4/c1-4-5-12-28-22-16-8-6-7-9-19(16)29-23(22)18-13-17(24(26)27)20-14(2)10-11-15(3)21(20)25-18/h6-11,13H,4-5,12H2,1-3H3,(H,26,27). The molecular formula is C24H23NO4. The smallest absolute Gasteiger partial charge is 0.336 e. The number of aromatic nitrogens is 1. The van der Waals surface area contributed by atoms with Crippen molar-refractivity contribution < 1.29 is 19.1 Å². The second-order valence-electron chi connectivity index (χ2n) is 7.24. The molecule has 0 saturated heterocycles. The zero-order valence-electron chi connectivity index (χ0n) is 16.8. The molecule has 0 aliphatic rings. The van der Waals surface area contributed by atoms with E-state index in [4.69, 9.17) is 14.1 Å². The quantitative estimate of drug-likeness (QED) is 0.401. The average molecular weight is 389 g/mol. The first-order valence-electron chi connectivity index (χ1n) is 9.80. The third-order valence-electron chi connectivity index (χ3n) is 5.13. The molecule has 2 aromatic heterocycles. The van der Waals surface area contributed by atoms with Crippen LogP contribution in [0.15, 0.2) is 46.9 Å². The van der Waals surface area contributed by atoms with Crippen LogP contribution in [0.5, 0.6) is 5.75 Å². The third-order valence-corrected chi connectivity index (χ3v) is 5.13. The van der Waals surface area contributed by atoms with Gasteiger partial charge in [0.2, 0.25) is 0 Å². The minimum atomic E-state index is -0.989. The number of unbranched alkanes of at least 4 members (excludes halogenated alkanes) is 1. The highest BCUT2D eigenvalue weighted by Crippen LogP contribution is 2.41. The van der Waals surface area contributed by atoms with Gasteiger partial charge in [-0.2, -0.15) is 0 Å². The Morgan fingerprint density at radius 3 is 2.66 bits per heavy atom. The van der Waals surface area contributed by atoms with Crippen molar-refractivity contribution in [3.8, 4) is 17.2 Å². The van der Waals surface area contributed by atoms with Crippen molar-refractivity contribution >= 4 is 27.8 Å². The van der Waals surface area contributed by atoms with Gasteiger partial charge < -0.3 is 14.3 Å². The molecular weight excluding hydrogens is 366 g/mol. The highest BCUT2D eigenvalue weighted by molar-refractivity contribution is 6.06. The Kier molecular flexibility index (Phi) is 4.97. The van der Waals surface area contributed by atoms with Crippen LogP contribution in [0.3, 0.4) is 0 Å². The summed E-state index contributed by atoms with van der Waals surface area (Å²) in [6.45, 7) is 6.49. The highest BCUT2D eigenvalue weighted by atomic mass is 16.5. The zero-order chi connectivity index (χ0) is 20.5. The number of nitrogens with zero attached hydrogens (tertiary/aromatic N) is 1. The molecule has 148 valence electrons. The van der Waals surface area contributed by atoms with E-state index in [0.717, 1.165) is 29.4 Å². The van der Waals surface area contributed by atoms with Crippen LogP contribution in [0, 0.1) is 13.8 Å². The molecule has 0 aliphatic carbocycles. The molecule has 5 heteroatoms. The molecule has 0 saturated carbocycles. The number of ether oxygens (including phenoxy) is 1. The number of carboxylic acids is 1. The Hall–Kier alpha value is -3.34. The minimum absolute atomic E-state index is 0.214. The first-order chi connectivity index (χ1) is 14.0. The van der Waals surface area contributed by atoms with Crippen LogP contribution in [-0.2, 0) is 0 Å². The topological polar surface area (TPSA) is 72.6 Å². The number of para-hydroxylation sites is 1. The molecule has 4 rings (SSSR count). The SMILES string of the molecule is CCCCOc1c(-c2cc(C(=O)O)c3c(C)ccc(C)c3n2)oc2ccccc12. The highest BCUT2D eigenvalue weighted by Gasteiger charge is 2.22. The maximum atomic E-state index is 12.0. The summed E-state index contributed by atoms with van der Waals surface area (Å²) < 4.78 is 12.2. The van der Waals surface area contributed by atoms with Crippen LogP contribution in [-0.4, -0.2) is 22.7 Å². The van der Waals surface area contributed by atoms with E-state index < -0.39 is 5.97 Å². The molecule has 5 nitrogen and oxygen atoms in total. The Bertz CT molecular complexity index is 1220. The Labute approximate surface area is 168 Å². The van der Waals surface area contributed by atoms with Crippen molar-refractivity contribution in [3.63, 3.8) is 0 Å². The molecule has 0 unspecified atom stereocenters. The van der Waals surface area contributed by atoms with E-state index in [1.807, 2.05) is 50.2 Å². The van der Waals surface area contributed by atoms with Crippen molar-refractivity contribution in [3.05, 3.63) is 59.2 Å². The Morgan fingerprint density at radius 1 is 1.14 bits per heavy atom. The first kappa shape index (κ1) is 19.0. The summed E-state index contributed by atoms with van der Waals surface area (Å²) in [6.07, 6.45) is 1.93. The maximum Gasteiger partial charge on any atom is 0.336 e. The molecule has 4 aromatic rings. The number of carboxylic acid groups (broad SMARTS) is 1. The summed E-state index contributed by atoms with van der Waals surface area (Å²) in [5.41, 5.74) is 3.83. The van der Waals surface area contributed by atoms with E-state index in [1.165, 1.54) is 0 Å². The summed E-state index contributed by atoms with van der Waals surface area (Å²) in [6, 6.07) is 13.1. The van der Waals surface area contributed by atoms with E-state index in [2.05, 4.69) is 6.92 Å². The second kappa shape index (κ2) is 7.59. The van der Waals surface area contributed by atoms with Crippen molar-refractivity contribution in [1.82, 2.24) is 4.98 Å². The maximum absolute atomic E-state index is 12.0.